The smallest absolute Gasteiger partial charge is 0.257 e. The van der Waals surface area contributed by atoms with Crippen LogP contribution in [0.2, 0.25) is 0 Å². The van der Waals surface area contributed by atoms with Crippen molar-refractivity contribution < 1.29 is 9.53 Å². The Morgan fingerprint density at radius 3 is 2.60 bits per heavy atom. The number of likely N-dealkylation sites (tertiary alicyclic amines) is 1. The first-order chi connectivity index (χ1) is 9.52. The maximum Gasteiger partial charge on any atom is 0.257 e. The molecule has 1 atom stereocenters. The van der Waals surface area contributed by atoms with Gasteiger partial charge in [0.15, 0.2) is 0 Å². The number of carbonyl (C=O) groups excluding carboxylic acids is 1. The Bertz CT molecular complexity index is 477. The van der Waals surface area contributed by atoms with E-state index in [1.54, 1.807) is 7.11 Å². The van der Waals surface area contributed by atoms with Crippen LogP contribution in [0.15, 0.2) is 18.2 Å². The van der Waals surface area contributed by atoms with Crippen molar-refractivity contribution in [2.45, 2.75) is 32.7 Å². The van der Waals surface area contributed by atoms with Crippen LogP contribution in [0.3, 0.4) is 0 Å². The fourth-order valence-electron chi connectivity index (χ4n) is 2.79. The third-order valence-electron chi connectivity index (χ3n) is 4.16. The average molecular weight is 276 g/mol. The van der Waals surface area contributed by atoms with Crippen molar-refractivity contribution in [2.24, 2.45) is 11.7 Å². The molecular weight excluding hydrogens is 252 g/mol. The highest BCUT2D eigenvalue weighted by Crippen LogP contribution is 2.25. The molecule has 1 aliphatic heterocycles. The molecule has 1 aromatic rings. The number of amides is 1. The predicted octanol–water partition coefficient (Wildman–Crippen LogP) is 2.20. The molecule has 1 saturated heterocycles. The minimum Gasteiger partial charge on any atom is -0.496 e. The van der Waals surface area contributed by atoms with Crippen molar-refractivity contribution in [1.82, 2.24) is 4.90 Å². The van der Waals surface area contributed by atoms with E-state index >= 15 is 0 Å². The van der Waals surface area contributed by atoms with Gasteiger partial charge in [0.25, 0.3) is 5.91 Å². The highest BCUT2D eigenvalue weighted by Gasteiger charge is 2.26. The molecule has 4 heteroatoms. The lowest BCUT2D eigenvalue weighted by molar-refractivity contribution is 0.0677. The van der Waals surface area contributed by atoms with E-state index in [4.69, 9.17) is 10.5 Å². The fourth-order valence-corrected chi connectivity index (χ4v) is 2.79. The summed E-state index contributed by atoms with van der Waals surface area (Å²) in [6.45, 7) is 5.59. The summed E-state index contributed by atoms with van der Waals surface area (Å²) in [6, 6.07) is 5.93. The van der Waals surface area contributed by atoms with E-state index in [2.05, 4.69) is 0 Å². The lowest BCUT2D eigenvalue weighted by atomic mass is 9.90. The third-order valence-corrected chi connectivity index (χ3v) is 4.16. The van der Waals surface area contributed by atoms with E-state index in [0.29, 0.717) is 17.2 Å². The Morgan fingerprint density at radius 1 is 1.40 bits per heavy atom. The quantitative estimate of drug-likeness (QED) is 0.921. The maximum atomic E-state index is 12.6. The van der Waals surface area contributed by atoms with Gasteiger partial charge in [0.05, 0.1) is 12.7 Å². The number of hydrogen-bond donors (Lipinski definition) is 1. The van der Waals surface area contributed by atoms with Crippen LogP contribution in [0.25, 0.3) is 0 Å². The number of aryl methyl sites for hydroxylation is 1. The SMILES string of the molecule is COc1ccc(C)cc1C(=O)N1CCC(C(C)N)CC1. The highest BCUT2D eigenvalue weighted by atomic mass is 16.5. The van der Waals surface area contributed by atoms with Crippen molar-refractivity contribution >= 4 is 5.91 Å². The number of piperidine rings is 1. The van der Waals surface area contributed by atoms with Gasteiger partial charge in [-0.15, -0.1) is 0 Å². The molecule has 0 spiro atoms. The molecule has 1 amide bonds. The normalized spacial score (nSPS) is 17.9. The van der Waals surface area contributed by atoms with Crippen LogP contribution >= 0.6 is 0 Å². The second kappa shape index (κ2) is 6.27. The maximum absolute atomic E-state index is 12.6. The molecule has 0 radical (unpaired) electrons. The molecule has 110 valence electrons. The van der Waals surface area contributed by atoms with E-state index in [1.807, 2.05) is 36.9 Å². The van der Waals surface area contributed by atoms with E-state index in [1.165, 1.54) is 0 Å². The molecular formula is C16H24N2O2. The third kappa shape index (κ3) is 3.12. The Kier molecular flexibility index (Phi) is 4.65. The van der Waals surface area contributed by atoms with E-state index in [9.17, 15) is 4.79 Å². The zero-order valence-corrected chi connectivity index (χ0v) is 12.6. The van der Waals surface area contributed by atoms with E-state index < -0.39 is 0 Å². The summed E-state index contributed by atoms with van der Waals surface area (Å²) >= 11 is 0. The molecule has 0 saturated carbocycles. The monoisotopic (exact) mass is 276 g/mol. The molecule has 1 aromatic carbocycles. The van der Waals surface area contributed by atoms with Crippen molar-refractivity contribution in [1.29, 1.82) is 0 Å². The van der Waals surface area contributed by atoms with Crippen molar-refractivity contribution in [3.63, 3.8) is 0 Å². The Labute approximate surface area is 120 Å². The first-order valence-corrected chi connectivity index (χ1v) is 7.22. The predicted molar refractivity (Wildman–Crippen MR) is 80.0 cm³/mol. The molecule has 2 N–H and O–H groups in total. The van der Waals surface area contributed by atoms with Crippen LogP contribution in [0, 0.1) is 12.8 Å². The summed E-state index contributed by atoms with van der Waals surface area (Å²) in [5, 5.41) is 0. The zero-order valence-electron chi connectivity index (χ0n) is 12.6. The second-order valence-corrected chi connectivity index (χ2v) is 5.69. The second-order valence-electron chi connectivity index (χ2n) is 5.69. The molecule has 1 fully saturated rings. The van der Waals surface area contributed by atoms with Crippen LogP contribution in [0.5, 0.6) is 5.75 Å². The Balaban J connectivity index is 2.11. The Hall–Kier alpha value is -1.55. The van der Waals surface area contributed by atoms with Crippen LogP contribution in [-0.2, 0) is 0 Å². The average Bonchev–Trinajstić information content (AvgIpc) is 2.46. The van der Waals surface area contributed by atoms with Gasteiger partial charge >= 0.3 is 0 Å². The summed E-state index contributed by atoms with van der Waals surface area (Å²) in [6.07, 6.45) is 1.97. The summed E-state index contributed by atoms with van der Waals surface area (Å²) in [5.41, 5.74) is 7.67. The van der Waals surface area contributed by atoms with Crippen LogP contribution in [-0.4, -0.2) is 37.0 Å². The Morgan fingerprint density at radius 2 is 2.05 bits per heavy atom. The van der Waals surface area contributed by atoms with Crippen molar-refractivity contribution in [3.05, 3.63) is 29.3 Å². The molecule has 0 aromatic heterocycles. The van der Waals surface area contributed by atoms with Gasteiger partial charge in [-0.1, -0.05) is 11.6 Å². The lowest BCUT2D eigenvalue weighted by Gasteiger charge is -2.34. The first-order valence-electron chi connectivity index (χ1n) is 7.22. The molecule has 20 heavy (non-hydrogen) atoms. The molecule has 4 nitrogen and oxygen atoms in total. The van der Waals surface area contributed by atoms with Gasteiger partial charge in [-0.2, -0.15) is 0 Å². The van der Waals surface area contributed by atoms with Gasteiger partial charge < -0.3 is 15.4 Å². The zero-order chi connectivity index (χ0) is 14.7. The van der Waals surface area contributed by atoms with Crippen LogP contribution < -0.4 is 10.5 Å². The molecule has 1 unspecified atom stereocenters. The number of nitrogens with zero attached hydrogens (tertiary/aromatic N) is 1. The van der Waals surface area contributed by atoms with E-state index in [0.717, 1.165) is 31.5 Å². The van der Waals surface area contributed by atoms with Gasteiger partial charge in [-0.05, 0) is 44.7 Å². The molecule has 1 aliphatic rings. The van der Waals surface area contributed by atoms with Gasteiger partial charge in [0.2, 0.25) is 0 Å². The van der Waals surface area contributed by atoms with Gasteiger partial charge in [-0.3, -0.25) is 4.79 Å². The standard InChI is InChI=1S/C16H24N2O2/c1-11-4-5-15(20-3)14(10-11)16(19)18-8-6-13(7-9-18)12(2)17/h4-5,10,12-13H,6-9,17H2,1-3H3. The largest absolute Gasteiger partial charge is 0.496 e. The van der Waals surface area contributed by atoms with Crippen molar-refractivity contribution in [2.75, 3.05) is 20.2 Å². The number of nitrogens with two attached hydrogens (primary N) is 1. The van der Waals surface area contributed by atoms with Gasteiger partial charge in [0, 0.05) is 19.1 Å². The van der Waals surface area contributed by atoms with Crippen LogP contribution in [0.4, 0.5) is 0 Å². The number of carbonyl (C=O) groups is 1. The molecule has 1 heterocycles. The number of methoxy groups -OCH3 is 1. The first kappa shape index (κ1) is 14.9. The minimum absolute atomic E-state index is 0.0636. The molecule has 2 rings (SSSR count). The number of ether oxygens (including phenoxy) is 1. The summed E-state index contributed by atoms with van der Waals surface area (Å²) in [7, 11) is 1.60. The van der Waals surface area contributed by atoms with Gasteiger partial charge in [0.1, 0.15) is 5.75 Å². The molecule has 0 bridgehead atoms. The van der Waals surface area contributed by atoms with Crippen molar-refractivity contribution in [3.8, 4) is 5.75 Å². The van der Waals surface area contributed by atoms with Gasteiger partial charge in [-0.25, -0.2) is 0 Å². The number of benzene rings is 1. The summed E-state index contributed by atoms with van der Waals surface area (Å²) in [5.74, 6) is 1.24. The molecule has 0 aliphatic carbocycles. The topological polar surface area (TPSA) is 55.6 Å². The number of hydrogen-bond acceptors (Lipinski definition) is 3. The minimum atomic E-state index is 0.0636. The highest BCUT2D eigenvalue weighted by molar-refractivity contribution is 5.97. The lowest BCUT2D eigenvalue weighted by Crippen LogP contribution is -2.42. The van der Waals surface area contributed by atoms with Crippen LogP contribution in [0.1, 0.15) is 35.7 Å². The summed E-state index contributed by atoms with van der Waals surface area (Å²) in [4.78, 5) is 14.5. The number of rotatable bonds is 3. The fraction of sp³-hybridized carbons (Fsp3) is 0.562. The summed E-state index contributed by atoms with van der Waals surface area (Å²) < 4.78 is 5.30. The van der Waals surface area contributed by atoms with E-state index in [-0.39, 0.29) is 11.9 Å².